The van der Waals surface area contributed by atoms with Crippen LogP contribution in [0.25, 0.3) is 0 Å². The van der Waals surface area contributed by atoms with Gasteiger partial charge in [0.05, 0.1) is 0 Å². The molecule has 0 saturated heterocycles. The van der Waals surface area contributed by atoms with E-state index >= 15 is 0 Å². The molecule has 0 amide bonds. The van der Waals surface area contributed by atoms with E-state index < -0.39 is 0 Å². The molecule has 0 heterocycles. The van der Waals surface area contributed by atoms with Crippen molar-refractivity contribution in [2.24, 2.45) is 23.7 Å². The topological polar surface area (TPSA) is 0 Å². The Balaban J connectivity index is 2.85. The minimum Gasteiger partial charge on any atom is -0.126 e. The number of hydrogen-bond donors (Lipinski definition) is 0. The van der Waals surface area contributed by atoms with Crippen LogP contribution in [-0.2, 0) is 0 Å². The summed E-state index contributed by atoms with van der Waals surface area (Å²) in [5, 5.41) is 0. The van der Waals surface area contributed by atoms with Crippen molar-refractivity contribution in [3.8, 4) is 0 Å². The molecule has 0 nitrogen and oxygen atoms in total. The van der Waals surface area contributed by atoms with Gasteiger partial charge in [0, 0.05) is 0 Å². The van der Waals surface area contributed by atoms with E-state index in [2.05, 4.69) is 46.4 Å². The van der Waals surface area contributed by atoms with Crippen molar-refractivity contribution in [2.45, 2.75) is 60.3 Å². The van der Waals surface area contributed by atoms with E-state index in [4.69, 9.17) is 0 Å². The molecule has 0 heteroatoms. The van der Waals surface area contributed by atoms with Gasteiger partial charge in [-0.2, -0.15) is 0 Å². The highest BCUT2D eigenvalue weighted by Crippen LogP contribution is 2.30. The zero-order valence-corrected chi connectivity index (χ0v) is 11.7. The fourth-order valence-electron chi connectivity index (χ4n) is 2.48. The van der Waals surface area contributed by atoms with E-state index in [1.54, 1.807) is 0 Å². The Bertz CT molecular complexity index is 268. The predicted octanol–water partition coefficient (Wildman–Crippen LogP) is 5.21. The van der Waals surface area contributed by atoms with Crippen LogP contribution >= 0.6 is 0 Å². The Morgan fingerprint density at radius 3 is 2.69 bits per heavy atom. The largest absolute Gasteiger partial charge is 0.126 e. The highest BCUT2D eigenvalue weighted by molar-refractivity contribution is 5.05. The first-order chi connectivity index (χ1) is 7.54. The normalized spacial score (nSPS) is 33.6. The van der Waals surface area contributed by atoms with Gasteiger partial charge in [0.1, 0.15) is 0 Å². The lowest BCUT2D eigenvalue weighted by Crippen LogP contribution is -2.12. The Morgan fingerprint density at radius 2 is 2.06 bits per heavy atom. The maximum absolute atomic E-state index is 3.55. The monoisotopic (exact) mass is 220 g/mol. The van der Waals surface area contributed by atoms with Crippen LogP contribution < -0.4 is 0 Å². The summed E-state index contributed by atoms with van der Waals surface area (Å²) in [6.45, 7) is 11.7. The van der Waals surface area contributed by atoms with Gasteiger partial charge in [-0.3, -0.25) is 0 Å². The minimum atomic E-state index is 0.717. The van der Waals surface area contributed by atoms with Gasteiger partial charge in [0.25, 0.3) is 0 Å². The fourth-order valence-corrected chi connectivity index (χ4v) is 2.48. The lowest BCUT2D eigenvalue weighted by molar-refractivity contribution is 0.321. The third-order valence-electron chi connectivity index (χ3n) is 4.41. The van der Waals surface area contributed by atoms with E-state index in [1.165, 1.54) is 31.3 Å². The van der Waals surface area contributed by atoms with Crippen molar-refractivity contribution < 1.29 is 0 Å². The molecule has 0 fully saturated rings. The summed E-state index contributed by atoms with van der Waals surface area (Å²) in [7, 11) is 0. The summed E-state index contributed by atoms with van der Waals surface area (Å²) in [4.78, 5) is 0. The average molecular weight is 220 g/mol. The number of hydrogen-bond acceptors (Lipinski definition) is 0. The molecule has 4 unspecified atom stereocenters. The van der Waals surface area contributed by atoms with Crippen LogP contribution in [0.1, 0.15) is 60.3 Å². The van der Waals surface area contributed by atoms with Crippen molar-refractivity contribution in [1.29, 1.82) is 0 Å². The molecule has 1 aliphatic carbocycles. The Hall–Kier alpha value is -0.480. The van der Waals surface area contributed by atoms with Gasteiger partial charge in [-0.1, -0.05) is 40.5 Å². The molecule has 0 aromatic rings. The van der Waals surface area contributed by atoms with Crippen LogP contribution in [-0.4, -0.2) is 0 Å². The molecule has 0 saturated carbocycles. The van der Waals surface area contributed by atoms with Gasteiger partial charge >= 0.3 is 0 Å². The van der Waals surface area contributed by atoms with Crippen molar-refractivity contribution in [3.05, 3.63) is 17.4 Å². The highest BCUT2D eigenvalue weighted by Gasteiger charge is 2.18. The number of allylic oxidation sites excluding steroid dienone is 1. The zero-order chi connectivity index (χ0) is 12.1. The van der Waals surface area contributed by atoms with E-state index in [9.17, 15) is 0 Å². The number of rotatable bonds is 2. The first-order valence-corrected chi connectivity index (χ1v) is 6.97. The van der Waals surface area contributed by atoms with E-state index in [0.29, 0.717) is 0 Å². The second-order valence-corrected chi connectivity index (χ2v) is 5.86. The summed E-state index contributed by atoms with van der Waals surface area (Å²) in [6.07, 6.45) is 7.70. The van der Waals surface area contributed by atoms with Gasteiger partial charge in [-0.15, -0.1) is 5.73 Å². The van der Waals surface area contributed by atoms with Crippen LogP contribution in [0.4, 0.5) is 0 Å². The molecule has 0 aliphatic heterocycles. The molecular weight excluding hydrogens is 192 g/mol. The van der Waals surface area contributed by atoms with Crippen molar-refractivity contribution in [1.82, 2.24) is 0 Å². The molecule has 1 aliphatic rings. The first kappa shape index (κ1) is 13.6. The quantitative estimate of drug-likeness (QED) is 0.561. The molecule has 4 atom stereocenters. The zero-order valence-electron chi connectivity index (χ0n) is 11.7. The molecule has 0 aromatic carbocycles. The Labute approximate surface area is 102 Å². The third kappa shape index (κ3) is 3.83. The Kier molecular flexibility index (Phi) is 5.35. The molecule has 0 bridgehead atoms. The summed E-state index contributed by atoms with van der Waals surface area (Å²) >= 11 is 0. The van der Waals surface area contributed by atoms with E-state index in [0.717, 1.165) is 23.7 Å². The third-order valence-corrected chi connectivity index (χ3v) is 4.41. The summed E-state index contributed by atoms with van der Waals surface area (Å²) in [5.74, 6) is 3.12. The summed E-state index contributed by atoms with van der Waals surface area (Å²) < 4.78 is 0. The summed E-state index contributed by atoms with van der Waals surface area (Å²) in [5.41, 5.74) is 5.00. The van der Waals surface area contributed by atoms with Crippen molar-refractivity contribution >= 4 is 0 Å². The minimum absolute atomic E-state index is 0.717. The first-order valence-electron chi connectivity index (χ1n) is 6.97. The predicted molar refractivity (Wildman–Crippen MR) is 72.4 cm³/mol. The van der Waals surface area contributed by atoms with E-state index in [-0.39, 0.29) is 0 Å². The molecule has 16 heavy (non-hydrogen) atoms. The fraction of sp³-hybridized carbons (Fsp3) is 0.812. The standard InChI is InChI=1S/C16H28/c1-6-13(3)16-10-9-15(5)14(4)8-7-12(2)11-16/h10,12-14,16H,6-8,11H2,1-5H3. The van der Waals surface area contributed by atoms with Gasteiger partial charge in [-0.05, 0) is 55.1 Å². The smallest absolute Gasteiger partial charge is 0.0129 e. The van der Waals surface area contributed by atoms with Gasteiger partial charge < -0.3 is 0 Å². The molecule has 0 spiro atoms. The van der Waals surface area contributed by atoms with Crippen LogP contribution in [0, 0.1) is 23.7 Å². The molecular formula is C16H28. The van der Waals surface area contributed by atoms with Crippen LogP contribution in [0.2, 0.25) is 0 Å². The molecule has 0 aromatic heterocycles. The molecule has 0 N–H and O–H groups in total. The maximum Gasteiger partial charge on any atom is -0.0129 e. The Morgan fingerprint density at radius 1 is 1.38 bits per heavy atom. The van der Waals surface area contributed by atoms with E-state index in [1.807, 2.05) is 0 Å². The van der Waals surface area contributed by atoms with Crippen LogP contribution in [0.15, 0.2) is 17.4 Å². The van der Waals surface area contributed by atoms with Gasteiger partial charge in [0.2, 0.25) is 0 Å². The maximum atomic E-state index is 3.55. The molecule has 1 rings (SSSR count). The van der Waals surface area contributed by atoms with Crippen molar-refractivity contribution in [3.63, 3.8) is 0 Å². The van der Waals surface area contributed by atoms with Crippen molar-refractivity contribution in [2.75, 3.05) is 0 Å². The average Bonchev–Trinajstić information content (AvgIpc) is 2.34. The molecule has 92 valence electrons. The molecule has 0 radical (unpaired) electrons. The highest BCUT2D eigenvalue weighted by atomic mass is 14.2. The summed E-state index contributed by atoms with van der Waals surface area (Å²) in [6, 6.07) is 0. The second-order valence-electron chi connectivity index (χ2n) is 5.86. The van der Waals surface area contributed by atoms with Crippen LogP contribution in [0.5, 0.6) is 0 Å². The van der Waals surface area contributed by atoms with Crippen LogP contribution in [0.3, 0.4) is 0 Å². The lowest BCUT2D eigenvalue weighted by atomic mass is 9.83. The second kappa shape index (κ2) is 6.30. The van der Waals surface area contributed by atoms with Gasteiger partial charge in [0.15, 0.2) is 0 Å². The lowest BCUT2D eigenvalue weighted by Gasteiger charge is -2.22. The van der Waals surface area contributed by atoms with Gasteiger partial charge in [-0.25, -0.2) is 0 Å². The SMILES string of the molecule is CCC(C)C1C=C=C(C)C(C)CCC(C)C1.